The van der Waals surface area contributed by atoms with Crippen LogP contribution in [0.15, 0.2) is 48.7 Å². The quantitative estimate of drug-likeness (QED) is 0.577. The summed E-state index contributed by atoms with van der Waals surface area (Å²) >= 11 is 0. The molecule has 2 aliphatic heterocycles. The highest BCUT2D eigenvalue weighted by Crippen LogP contribution is 2.35. The second kappa shape index (κ2) is 2.49. The van der Waals surface area contributed by atoms with Gasteiger partial charge in [-0.25, -0.2) is 0 Å². The number of hydrogen-bond donors (Lipinski definition) is 0. The second-order valence-electron chi connectivity index (χ2n) is 3.54. The number of rotatable bonds is 0. The normalized spacial score (nSPS) is 23.1. The topological polar surface area (TPSA) is 3.24 Å². The van der Waals surface area contributed by atoms with E-state index in [1.165, 1.54) is 11.1 Å². The molecule has 2 aliphatic rings. The SMILES string of the molecule is C1=CC2c3ccccc3CN2C=C1. The first-order valence-corrected chi connectivity index (χ1v) is 4.64. The van der Waals surface area contributed by atoms with Crippen molar-refractivity contribution in [1.82, 2.24) is 4.90 Å². The Morgan fingerprint density at radius 3 is 3.08 bits per heavy atom. The first-order valence-electron chi connectivity index (χ1n) is 4.64. The number of allylic oxidation sites excluding steroid dienone is 2. The molecule has 1 nitrogen and oxygen atoms in total. The van der Waals surface area contributed by atoms with Gasteiger partial charge in [0.1, 0.15) is 0 Å². The lowest BCUT2D eigenvalue weighted by molar-refractivity contribution is 0.350. The molecule has 0 saturated carbocycles. The maximum Gasteiger partial charge on any atom is 0.0731 e. The molecule has 0 radical (unpaired) electrons. The summed E-state index contributed by atoms with van der Waals surface area (Å²) in [6.07, 6.45) is 8.65. The maximum absolute atomic E-state index is 2.37. The van der Waals surface area contributed by atoms with Gasteiger partial charge in [0.05, 0.1) is 6.04 Å². The van der Waals surface area contributed by atoms with Gasteiger partial charge >= 0.3 is 0 Å². The first kappa shape index (κ1) is 6.96. The summed E-state index contributed by atoms with van der Waals surface area (Å²) in [5.74, 6) is 0. The largest absolute Gasteiger partial charge is 0.363 e. The van der Waals surface area contributed by atoms with Gasteiger partial charge in [-0.15, -0.1) is 0 Å². The van der Waals surface area contributed by atoms with Crippen LogP contribution >= 0.6 is 0 Å². The molecule has 0 saturated heterocycles. The van der Waals surface area contributed by atoms with Crippen LogP contribution in [0, 0.1) is 0 Å². The molecule has 0 N–H and O–H groups in total. The molecule has 3 rings (SSSR count). The van der Waals surface area contributed by atoms with Crippen molar-refractivity contribution in [3.05, 3.63) is 59.8 Å². The molecule has 1 aromatic carbocycles. The van der Waals surface area contributed by atoms with Gasteiger partial charge < -0.3 is 4.90 Å². The van der Waals surface area contributed by atoms with Gasteiger partial charge in [0.15, 0.2) is 0 Å². The third kappa shape index (κ3) is 0.934. The van der Waals surface area contributed by atoms with Crippen molar-refractivity contribution < 1.29 is 0 Å². The van der Waals surface area contributed by atoms with Crippen LogP contribution in [0.25, 0.3) is 0 Å². The monoisotopic (exact) mass is 169 g/mol. The summed E-state index contributed by atoms with van der Waals surface area (Å²) in [7, 11) is 0. The number of nitrogens with zero attached hydrogens (tertiary/aromatic N) is 1. The molecule has 13 heavy (non-hydrogen) atoms. The molecular formula is C12H11N. The summed E-state index contributed by atoms with van der Waals surface area (Å²) in [6.45, 7) is 1.06. The van der Waals surface area contributed by atoms with Crippen molar-refractivity contribution in [3.8, 4) is 0 Å². The Morgan fingerprint density at radius 1 is 1.15 bits per heavy atom. The van der Waals surface area contributed by atoms with Gasteiger partial charge in [-0.3, -0.25) is 0 Å². The van der Waals surface area contributed by atoms with Crippen LogP contribution in [0.1, 0.15) is 17.2 Å². The standard InChI is InChI=1S/C12H11N/c1-2-6-11-10(5-1)9-13-8-4-3-7-12(11)13/h1-8,12H,9H2. The molecule has 0 amide bonds. The highest BCUT2D eigenvalue weighted by atomic mass is 15.2. The van der Waals surface area contributed by atoms with Crippen LogP contribution in [-0.4, -0.2) is 4.90 Å². The van der Waals surface area contributed by atoms with E-state index < -0.39 is 0 Å². The Bertz CT molecular complexity index is 390. The van der Waals surface area contributed by atoms with E-state index >= 15 is 0 Å². The predicted octanol–water partition coefficient (Wildman–Crippen LogP) is 2.63. The molecule has 1 unspecified atom stereocenters. The molecular weight excluding hydrogens is 158 g/mol. The Balaban J connectivity index is 2.12. The van der Waals surface area contributed by atoms with Gasteiger partial charge in [-0.05, 0) is 17.2 Å². The minimum absolute atomic E-state index is 0.487. The van der Waals surface area contributed by atoms with Crippen molar-refractivity contribution in [1.29, 1.82) is 0 Å². The summed E-state index contributed by atoms with van der Waals surface area (Å²) in [5.41, 5.74) is 2.92. The molecule has 0 spiro atoms. The third-order valence-corrected chi connectivity index (χ3v) is 2.77. The molecule has 2 heterocycles. The smallest absolute Gasteiger partial charge is 0.0731 e. The molecule has 0 fully saturated rings. The number of fused-ring (bicyclic) bond motifs is 3. The minimum atomic E-state index is 0.487. The average Bonchev–Trinajstić information content (AvgIpc) is 2.56. The van der Waals surface area contributed by atoms with Crippen molar-refractivity contribution in [2.45, 2.75) is 12.6 Å². The summed E-state index contributed by atoms with van der Waals surface area (Å²) in [5, 5.41) is 0. The van der Waals surface area contributed by atoms with E-state index in [0.29, 0.717) is 6.04 Å². The van der Waals surface area contributed by atoms with Gasteiger partial charge in [-0.1, -0.05) is 36.4 Å². The summed E-state index contributed by atoms with van der Waals surface area (Å²) in [6, 6.07) is 9.17. The lowest BCUT2D eigenvalue weighted by atomic mass is 10.0. The molecule has 1 aromatic rings. The van der Waals surface area contributed by atoms with E-state index in [1.54, 1.807) is 0 Å². The van der Waals surface area contributed by atoms with Gasteiger partial charge in [-0.2, -0.15) is 0 Å². The predicted molar refractivity (Wildman–Crippen MR) is 53.0 cm³/mol. The van der Waals surface area contributed by atoms with Crippen LogP contribution in [0.2, 0.25) is 0 Å². The van der Waals surface area contributed by atoms with Crippen molar-refractivity contribution >= 4 is 0 Å². The lowest BCUT2D eigenvalue weighted by Crippen LogP contribution is -2.15. The van der Waals surface area contributed by atoms with Crippen molar-refractivity contribution in [2.24, 2.45) is 0 Å². The minimum Gasteiger partial charge on any atom is -0.363 e. The fraction of sp³-hybridized carbons (Fsp3) is 0.167. The van der Waals surface area contributed by atoms with E-state index in [-0.39, 0.29) is 0 Å². The van der Waals surface area contributed by atoms with Gasteiger partial charge in [0.2, 0.25) is 0 Å². The maximum atomic E-state index is 2.37. The molecule has 1 heteroatoms. The Morgan fingerprint density at radius 2 is 2.08 bits per heavy atom. The Labute approximate surface area is 78.0 Å². The van der Waals surface area contributed by atoms with E-state index in [2.05, 4.69) is 53.6 Å². The van der Waals surface area contributed by atoms with E-state index in [1.807, 2.05) is 0 Å². The number of hydrogen-bond acceptors (Lipinski definition) is 1. The number of benzene rings is 1. The molecule has 0 bridgehead atoms. The molecule has 0 aromatic heterocycles. The average molecular weight is 169 g/mol. The first-order chi connectivity index (χ1) is 6.45. The highest BCUT2D eigenvalue weighted by Gasteiger charge is 2.25. The van der Waals surface area contributed by atoms with Crippen LogP contribution in [-0.2, 0) is 6.54 Å². The van der Waals surface area contributed by atoms with Crippen molar-refractivity contribution in [2.75, 3.05) is 0 Å². The zero-order valence-corrected chi connectivity index (χ0v) is 7.35. The van der Waals surface area contributed by atoms with Crippen LogP contribution in [0.4, 0.5) is 0 Å². The van der Waals surface area contributed by atoms with Gasteiger partial charge in [0.25, 0.3) is 0 Å². The zero-order valence-electron chi connectivity index (χ0n) is 7.35. The van der Waals surface area contributed by atoms with Gasteiger partial charge in [0, 0.05) is 12.7 Å². The fourth-order valence-electron chi connectivity index (χ4n) is 2.13. The van der Waals surface area contributed by atoms with E-state index in [9.17, 15) is 0 Å². The van der Waals surface area contributed by atoms with Crippen LogP contribution in [0.5, 0.6) is 0 Å². The lowest BCUT2D eigenvalue weighted by Gasteiger charge is -2.22. The third-order valence-electron chi connectivity index (χ3n) is 2.77. The second-order valence-corrected chi connectivity index (χ2v) is 3.54. The van der Waals surface area contributed by atoms with Crippen LogP contribution in [0.3, 0.4) is 0 Å². The highest BCUT2D eigenvalue weighted by molar-refractivity contribution is 5.39. The summed E-state index contributed by atoms with van der Waals surface area (Å²) in [4.78, 5) is 2.37. The van der Waals surface area contributed by atoms with Crippen molar-refractivity contribution in [3.63, 3.8) is 0 Å². The Kier molecular flexibility index (Phi) is 1.33. The zero-order chi connectivity index (χ0) is 8.67. The molecule has 0 aliphatic carbocycles. The molecule has 1 atom stereocenters. The van der Waals surface area contributed by atoms with E-state index in [4.69, 9.17) is 0 Å². The van der Waals surface area contributed by atoms with E-state index in [0.717, 1.165) is 6.54 Å². The Hall–Kier alpha value is -1.50. The summed E-state index contributed by atoms with van der Waals surface area (Å²) < 4.78 is 0. The fourth-order valence-corrected chi connectivity index (χ4v) is 2.13. The van der Waals surface area contributed by atoms with Crippen LogP contribution < -0.4 is 0 Å². The molecule has 64 valence electrons.